The first-order valence-electron chi connectivity index (χ1n) is 8.87. The maximum atomic E-state index is 12.7. The van der Waals surface area contributed by atoms with Crippen LogP contribution in [0.25, 0.3) is 5.69 Å². The molecule has 1 atom stereocenters. The first kappa shape index (κ1) is 23.4. The molecule has 2 aromatic carbocycles. The Balaban J connectivity index is 0.000000591. The Morgan fingerprint density at radius 3 is 2.17 bits per heavy atom. The molecule has 0 aliphatic carbocycles. The maximum Gasteiger partial charge on any atom is 0.762 e. The molecule has 2 heterocycles. The van der Waals surface area contributed by atoms with Gasteiger partial charge in [-0.1, -0.05) is 35.0 Å². The van der Waals surface area contributed by atoms with Crippen LogP contribution in [0.4, 0.5) is 26.1 Å². The highest BCUT2D eigenvalue weighted by molar-refractivity contribution is 6.33. The zero-order valence-corrected chi connectivity index (χ0v) is 15.5. The predicted molar refractivity (Wildman–Crippen MR) is 95.3 cm³/mol. The molecule has 1 aliphatic heterocycles. The standard InChI is InChI=1S/C19H17F3N3.BF3.FH/c20-19(21,22)15-6-8-16(9-7-15)25-13-24-17(10-11-18(24)23-25)12-14-4-2-1-3-5-14;2-1(3)4;/h1-9,13,17H,10-12H2;;1H/q+1;;/p-1/t17-;;/m1../s1. The van der Waals surface area contributed by atoms with Crippen LogP contribution >= 0.6 is 0 Å². The predicted octanol–water partition coefficient (Wildman–Crippen LogP) is 1.79. The summed E-state index contributed by atoms with van der Waals surface area (Å²) in [5.74, 6) is 0.973. The number of nitrogens with zero attached hydrogens (tertiary/aromatic N) is 3. The Hall–Kier alpha value is -2.85. The van der Waals surface area contributed by atoms with E-state index in [1.165, 1.54) is 17.7 Å². The normalized spacial score (nSPS) is 14.9. The molecule has 3 aromatic rings. The van der Waals surface area contributed by atoms with Crippen molar-refractivity contribution in [2.45, 2.75) is 31.5 Å². The first-order valence-corrected chi connectivity index (χ1v) is 8.87. The van der Waals surface area contributed by atoms with Crippen LogP contribution in [0.3, 0.4) is 0 Å². The highest BCUT2D eigenvalue weighted by Crippen LogP contribution is 2.29. The van der Waals surface area contributed by atoms with Crippen LogP contribution in [0.15, 0.2) is 60.9 Å². The minimum atomic E-state index is -4.32. The fourth-order valence-electron chi connectivity index (χ4n) is 3.32. The molecule has 0 saturated carbocycles. The largest absolute Gasteiger partial charge is 1.00 e. The van der Waals surface area contributed by atoms with E-state index in [-0.39, 0.29) is 4.70 Å². The van der Waals surface area contributed by atoms with Crippen LogP contribution in [-0.4, -0.2) is 17.3 Å². The van der Waals surface area contributed by atoms with Crippen molar-refractivity contribution >= 4 is 7.54 Å². The number of aryl methyl sites for hydroxylation is 1. The fraction of sp³-hybridized carbons (Fsp3) is 0.263. The molecular formula is C19H17BF7N3. The molecule has 0 spiro atoms. The van der Waals surface area contributed by atoms with Gasteiger partial charge in [-0.25, -0.2) is 4.57 Å². The SMILES string of the molecule is FB(F)F.FC(F)(F)c1ccc(-n2c[n+]3c(n2)CC[C@@H]3Cc2ccccc2)cc1.[F-]. The number of alkyl halides is 3. The van der Waals surface area contributed by atoms with E-state index in [0.29, 0.717) is 11.7 Å². The smallest absolute Gasteiger partial charge is 0.762 e. The third-order valence-corrected chi connectivity index (χ3v) is 4.62. The first-order chi connectivity index (χ1) is 13.7. The molecule has 4 rings (SSSR count). The Labute approximate surface area is 168 Å². The van der Waals surface area contributed by atoms with E-state index in [1.54, 1.807) is 4.68 Å². The van der Waals surface area contributed by atoms with E-state index < -0.39 is 19.3 Å². The van der Waals surface area contributed by atoms with E-state index in [9.17, 15) is 26.1 Å². The average molecular weight is 431 g/mol. The number of aromatic nitrogens is 3. The van der Waals surface area contributed by atoms with E-state index in [2.05, 4.69) is 21.8 Å². The summed E-state index contributed by atoms with van der Waals surface area (Å²) in [6.07, 6.45) is 0.409. The quantitative estimate of drug-likeness (QED) is 0.352. The second-order valence-electron chi connectivity index (χ2n) is 6.56. The number of rotatable bonds is 3. The van der Waals surface area contributed by atoms with Gasteiger partial charge < -0.3 is 4.70 Å². The van der Waals surface area contributed by atoms with E-state index >= 15 is 0 Å². The van der Waals surface area contributed by atoms with Crippen molar-refractivity contribution in [2.75, 3.05) is 0 Å². The van der Waals surface area contributed by atoms with Gasteiger partial charge in [0.05, 0.1) is 11.6 Å². The summed E-state index contributed by atoms with van der Waals surface area (Å²) in [6, 6.07) is 15.7. The van der Waals surface area contributed by atoms with Crippen LogP contribution in [0.2, 0.25) is 0 Å². The molecule has 0 saturated heterocycles. The molecule has 30 heavy (non-hydrogen) atoms. The Morgan fingerprint density at radius 2 is 1.60 bits per heavy atom. The summed E-state index contributed by atoms with van der Waals surface area (Å²) in [6.45, 7) is 0. The summed E-state index contributed by atoms with van der Waals surface area (Å²) >= 11 is 0. The van der Waals surface area contributed by atoms with E-state index in [0.717, 1.165) is 37.2 Å². The topological polar surface area (TPSA) is 21.7 Å². The lowest BCUT2D eigenvalue weighted by Gasteiger charge is -2.08. The maximum absolute atomic E-state index is 12.7. The lowest BCUT2D eigenvalue weighted by molar-refractivity contribution is -0.716. The highest BCUT2D eigenvalue weighted by atomic mass is 19.4. The van der Waals surface area contributed by atoms with Gasteiger partial charge in [-0.3, -0.25) is 12.9 Å². The zero-order chi connectivity index (χ0) is 21.0. The highest BCUT2D eigenvalue weighted by Gasteiger charge is 2.33. The molecule has 3 nitrogen and oxygen atoms in total. The molecule has 0 amide bonds. The molecule has 160 valence electrons. The van der Waals surface area contributed by atoms with Crippen molar-refractivity contribution < 1.29 is 35.4 Å². The molecule has 0 fully saturated rings. The lowest BCUT2D eigenvalue weighted by atomic mass is 10.0. The fourth-order valence-corrected chi connectivity index (χ4v) is 3.32. The molecule has 0 unspecified atom stereocenters. The molecule has 0 N–H and O–H groups in total. The van der Waals surface area contributed by atoms with Crippen LogP contribution in [0.5, 0.6) is 0 Å². The van der Waals surface area contributed by atoms with Crippen molar-refractivity contribution in [1.82, 2.24) is 9.78 Å². The number of halogens is 7. The van der Waals surface area contributed by atoms with Crippen LogP contribution < -0.4 is 9.27 Å². The van der Waals surface area contributed by atoms with Gasteiger partial charge in [0.1, 0.15) is 5.69 Å². The van der Waals surface area contributed by atoms with Gasteiger partial charge in [-0.2, -0.15) is 13.2 Å². The van der Waals surface area contributed by atoms with Gasteiger partial charge in [-0.15, -0.1) is 0 Å². The molecule has 11 heteroatoms. The summed E-state index contributed by atoms with van der Waals surface area (Å²) in [4.78, 5) is 0. The van der Waals surface area contributed by atoms with Gasteiger partial charge in [-0.05, 0) is 36.2 Å². The number of benzene rings is 2. The zero-order valence-electron chi connectivity index (χ0n) is 15.5. The van der Waals surface area contributed by atoms with Gasteiger partial charge >= 0.3 is 13.7 Å². The summed E-state index contributed by atoms with van der Waals surface area (Å²) in [7, 11) is -3.67. The summed E-state index contributed by atoms with van der Waals surface area (Å²) in [5, 5.41) is 4.54. The number of hydrogen-bond acceptors (Lipinski definition) is 1. The minimum absolute atomic E-state index is 0. The van der Waals surface area contributed by atoms with Gasteiger partial charge in [0, 0.05) is 17.9 Å². The van der Waals surface area contributed by atoms with Crippen molar-refractivity contribution in [3.05, 3.63) is 77.9 Å². The monoisotopic (exact) mass is 431 g/mol. The van der Waals surface area contributed by atoms with Gasteiger partial charge in [0.25, 0.3) is 5.82 Å². The Kier molecular flexibility index (Phi) is 7.63. The molecule has 1 aliphatic rings. The second kappa shape index (κ2) is 9.77. The van der Waals surface area contributed by atoms with E-state index in [4.69, 9.17) is 0 Å². The number of hydrogen-bond donors (Lipinski definition) is 0. The Morgan fingerprint density at radius 1 is 1.00 bits per heavy atom. The molecular weight excluding hydrogens is 414 g/mol. The van der Waals surface area contributed by atoms with Gasteiger partial charge in [0.2, 0.25) is 6.33 Å². The third kappa shape index (κ3) is 5.83. The van der Waals surface area contributed by atoms with Crippen molar-refractivity contribution in [2.24, 2.45) is 0 Å². The van der Waals surface area contributed by atoms with Crippen molar-refractivity contribution in [1.29, 1.82) is 0 Å². The van der Waals surface area contributed by atoms with Crippen LogP contribution in [0.1, 0.15) is 29.4 Å². The summed E-state index contributed by atoms with van der Waals surface area (Å²) < 4.78 is 70.9. The second-order valence-corrected chi connectivity index (χ2v) is 6.56. The molecule has 0 radical (unpaired) electrons. The lowest BCUT2D eigenvalue weighted by Crippen LogP contribution is -3.00. The minimum Gasteiger partial charge on any atom is -1.00 e. The average Bonchev–Trinajstić information content (AvgIpc) is 3.24. The molecule has 0 bridgehead atoms. The van der Waals surface area contributed by atoms with Crippen molar-refractivity contribution in [3.63, 3.8) is 0 Å². The van der Waals surface area contributed by atoms with E-state index in [1.807, 2.05) is 24.5 Å². The van der Waals surface area contributed by atoms with Gasteiger partial charge in [0.15, 0.2) is 0 Å². The van der Waals surface area contributed by atoms with Crippen LogP contribution in [-0.2, 0) is 19.0 Å². The number of fused-ring (bicyclic) bond motifs is 1. The third-order valence-electron chi connectivity index (χ3n) is 4.62. The summed E-state index contributed by atoms with van der Waals surface area (Å²) in [5.41, 5.74) is 1.26. The van der Waals surface area contributed by atoms with Crippen molar-refractivity contribution in [3.8, 4) is 5.69 Å². The van der Waals surface area contributed by atoms with Crippen LogP contribution in [0, 0.1) is 0 Å². The molecule has 1 aromatic heterocycles. The Bertz CT molecular complexity index is 925.